The summed E-state index contributed by atoms with van der Waals surface area (Å²) in [7, 11) is 0. The van der Waals surface area contributed by atoms with Gasteiger partial charge in [0.2, 0.25) is 0 Å². The number of benzene rings is 2. The largest absolute Gasteiger partial charge is 0.508 e. The predicted octanol–water partition coefficient (Wildman–Crippen LogP) is 5.12. The number of rotatable bonds is 3. The highest BCUT2D eigenvalue weighted by atomic mass is 16.3. The number of nitrogens with zero attached hydrogens (tertiary/aromatic N) is 2. The van der Waals surface area contributed by atoms with Gasteiger partial charge in [0.15, 0.2) is 5.78 Å². The molecule has 0 saturated carbocycles. The van der Waals surface area contributed by atoms with Crippen LogP contribution in [0.2, 0.25) is 0 Å². The van der Waals surface area contributed by atoms with Crippen molar-refractivity contribution in [3.8, 4) is 5.75 Å². The smallest absolute Gasteiger partial charge is 0.158 e. The molecule has 28 heavy (non-hydrogen) atoms. The van der Waals surface area contributed by atoms with Crippen LogP contribution in [0.5, 0.6) is 5.75 Å². The Balaban J connectivity index is 1.77. The van der Waals surface area contributed by atoms with Crippen LogP contribution in [0.4, 0.5) is 0 Å². The number of hydrogen-bond acceptors (Lipinski definition) is 4. The van der Waals surface area contributed by atoms with Crippen LogP contribution < -0.4 is 0 Å². The Morgan fingerprint density at radius 2 is 1.79 bits per heavy atom. The zero-order valence-corrected chi connectivity index (χ0v) is 16.6. The maximum atomic E-state index is 12.3. The fraction of sp³-hybridized carbons (Fsp3) is 0.333. The first-order valence-corrected chi connectivity index (χ1v) is 9.77. The summed E-state index contributed by atoms with van der Waals surface area (Å²) < 4.78 is 0. The van der Waals surface area contributed by atoms with Gasteiger partial charge in [-0.25, -0.2) is 0 Å². The number of carbonyl (C=O) groups excluding carboxylic acids is 1. The Morgan fingerprint density at radius 3 is 2.46 bits per heavy atom. The molecule has 2 aromatic carbocycles. The van der Waals surface area contributed by atoms with Gasteiger partial charge in [0.25, 0.3) is 0 Å². The molecule has 1 heterocycles. The van der Waals surface area contributed by atoms with Gasteiger partial charge in [-0.05, 0) is 30.4 Å². The molecule has 4 nitrogen and oxygen atoms in total. The van der Waals surface area contributed by atoms with Gasteiger partial charge in [0.05, 0.1) is 11.8 Å². The highest BCUT2D eigenvalue weighted by Crippen LogP contribution is 2.43. The lowest BCUT2D eigenvalue weighted by atomic mass is 9.78. The minimum atomic E-state index is -0.120. The van der Waals surface area contributed by atoms with E-state index in [4.69, 9.17) is 5.10 Å². The molecular weight excluding hydrogens is 348 g/mol. The lowest BCUT2D eigenvalue weighted by Crippen LogP contribution is -2.29. The molecule has 0 bridgehead atoms. The maximum absolute atomic E-state index is 12.3. The molecule has 4 rings (SSSR count). The standard InChI is InChI=1S/C24H26N2O2/c1-16-8-10-17(11-9-16)21-13-22(20-6-4-5-7-23(20)28)26(25-21)18-12-19(27)15-24(2,3)14-18/h4-12,22,28H,13-15H2,1-3H3. The van der Waals surface area contributed by atoms with E-state index >= 15 is 0 Å². The third kappa shape index (κ3) is 3.59. The van der Waals surface area contributed by atoms with Crippen LogP contribution in [0.15, 0.2) is 65.4 Å². The van der Waals surface area contributed by atoms with Gasteiger partial charge in [-0.3, -0.25) is 9.80 Å². The van der Waals surface area contributed by atoms with E-state index in [9.17, 15) is 9.90 Å². The molecule has 0 saturated heterocycles. The molecule has 2 aliphatic rings. The van der Waals surface area contributed by atoms with Crippen molar-refractivity contribution in [3.05, 3.63) is 77.0 Å². The predicted molar refractivity (Wildman–Crippen MR) is 111 cm³/mol. The number of ketones is 1. The van der Waals surface area contributed by atoms with Crippen LogP contribution >= 0.6 is 0 Å². The molecule has 0 fully saturated rings. The van der Waals surface area contributed by atoms with Crippen LogP contribution in [0, 0.1) is 12.3 Å². The number of para-hydroxylation sites is 1. The third-order valence-corrected chi connectivity index (χ3v) is 5.53. The van der Waals surface area contributed by atoms with Crippen molar-refractivity contribution in [1.29, 1.82) is 0 Å². The summed E-state index contributed by atoms with van der Waals surface area (Å²) in [5, 5.41) is 17.4. The number of phenols is 1. The Labute approximate surface area is 166 Å². The SMILES string of the molecule is Cc1ccc(C2=NN(C3=CC(=O)CC(C)(C)C3)C(c3ccccc3O)C2)cc1. The summed E-state index contributed by atoms with van der Waals surface area (Å²) in [4.78, 5) is 12.3. The molecule has 1 aliphatic carbocycles. The van der Waals surface area contributed by atoms with Crippen LogP contribution in [-0.2, 0) is 4.79 Å². The minimum Gasteiger partial charge on any atom is -0.508 e. The molecular formula is C24H26N2O2. The van der Waals surface area contributed by atoms with Crippen molar-refractivity contribution in [2.24, 2.45) is 10.5 Å². The fourth-order valence-electron chi connectivity index (χ4n) is 4.17. The zero-order valence-electron chi connectivity index (χ0n) is 16.6. The van der Waals surface area contributed by atoms with Crippen molar-refractivity contribution < 1.29 is 9.90 Å². The Bertz CT molecular complexity index is 970. The van der Waals surface area contributed by atoms with Gasteiger partial charge in [0.1, 0.15) is 5.75 Å². The highest BCUT2D eigenvalue weighted by Gasteiger charge is 2.37. The number of aromatic hydroxyl groups is 1. The highest BCUT2D eigenvalue weighted by molar-refractivity contribution is 6.02. The number of aryl methyl sites for hydroxylation is 1. The third-order valence-electron chi connectivity index (χ3n) is 5.53. The van der Waals surface area contributed by atoms with E-state index in [1.807, 2.05) is 23.2 Å². The number of phenolic OH excluding ortho intramolecular Hbond substituents is 1. The molecule has 0 aromatic heterocycles. The minimum absolute atomic E-state index is 0.0907. The second-order valence-electron chi connectivity index (χ2n) is 8.66. The van der Waals surface area contributed by atoms with E-state index < -0.39 is 0 Å². The molecule has 0 amide bonds. The van der Waals surface area contributed by atoms with Gasteiger partial charge in [0, 0.05) is 30.2 Å². The van der Waals surface area contributed by atoms with E-state index in [0.717, 1.165) is 29.0 Å². The van der Waals surface area contributed by atoms with Gasteiger partial charge < -0.3 is 5.11 Å². The second kappa shape index (κ2) is 6.93. The Morgan fingerprint density at radius 1 is 1.07 bits per heavy atom. The van der Waals surface area contributed by atoms with Gasteiger partial charge in [-0.2, -0.15) is 5.10 Å². The lowest BCUT2D eigenvalue weighted by molar-refractivity contribution is -0.117. The van der Waals surface area contributed by atoms with Crippen LogP contribution in [0.1, 0.15) is 55.8 Å². The molecule has 144 valence electrons. The van der Waals surface area contributed by atoms with E-state index in [-0.39, 0.29) is 23.0 Å². The van der Waals surface area contributed by atoms with Crippen molar-refractivity contribution in [2.45, 2.75) is 46.1 Å². The molecule has 0 spiro atoms. The summed E-state index contributed by atoms with van der Waals surface area (Å²) in [5.41, 5.74) is 4.94. The molecule has 0 radical (unpaired) electrons. The summed E-state index contributed by atoms with van der Waals surface area (Å²) in [6, 6.07) is 15.6. The Hall–Kier alpha value is -2.88. The van der Waals surface area contributed by atoms with E-state index in [0.29, 0.717) is 12.8 Å². The summed E-state index contributed by atoms with van der Waals surface area (Å²) >= 11 is 0. The molecule has 1 unspecified atom stereocenters. The summed E-state index contributed by atoms with van der Waals surface area (Å²) in [6.07, 6.45) is 3.76. The van der Waals surface area contributed by atoms with Gasteiger partial charge in [-0.1, -0.05) is 61.9 Å². The first-order valence-electron chi connectivity index (χ1n) is 9.77. The first kappa shape index (κ1) is 18.5. The van der Waals surface area contributed by atoms with E-state index in [2.05, 4.69) is 45.0 Å². The second-order valence-corrected chi connectivity index (χ2v) is 8.66. The lowest BCUT2D eigenvalue weighted by Gasteiger charge is -2.34. The van der Waals surface area contributed by atoms with Crippen molar-refractivity contribution in [1.82, 2.24) is 5.01 Å². The summed E-state index contributed by atoms with van der Waals surface area (Å²) in [5.74, 6) is 0.404. The van der Waals surface area contributed by atoms with Crippen molar-refractivity contribution in [3.63, 3.8) is 0 Å². The topological polar surface area (TPSA) is 52.9 Å². The first-order chi connectivity index (χ1) is 13.3. The monoisotopic (exact) mass is 374 g/mol. The Kier molecular flexibility index (Phi) is 4.58. The number of carbonyl (C=O) groups is 1. The number of hydrogen-bond donors (Lipinski definition) is 1. The molecule has 1 N–H and O–H groups in total. The van der Waals surface area contributed by atoms with E-state index in [1.165, 1.54) is 5.56 Å². The summed E-state index contributed by atoms with van der Waals surface area (Å²) in [6.45, 7) is 6.30. The average Bonchev–Trinajstić information content (AvgIpc) is 3.06. The fourth-order valence-corrected chi connectivity index (χ4v) is 4.17. The number of hydrazone groups is 1. The molecule has 4 heteroatoms. The maximum Gasteiger partial charge on any atom is 0.158 e. The van der Waals surface area contributed by atoms with Crippen molar-refractivity contribution >= 4 is 11.5 Å². The van der Waals surface area contributed by atoms with Crippen LogP contribution in [0.25, 0.3) is 0 Å². The average molecular weight is 374 g/mol. The normalized spacial score (nSPS) is 21.5. The van der Waals surface area contributed by atoms with Gasteiger partial charge >= 0.3 is 0 Å². The van der Waals surface area contributed by atoms with Gasteiger partial charge in [-0.15, -0.1) is 0 Å². The quantitative estimate of drug-likeness (QED) is 0.811. The molecule has 1 aliphatic heterocycles. The van der Waals surface area contributed by atoms with Crippen LogP contribution in [0.3, 0.4) is 0 Å². The van der Waals surface area contributed by atoms with E-state index in [1.54, 1.807) is 12.1 Å². The molecule has 2 aromatic rings. The zero-order chi connectivity index (χ0) is 19.9. The van der Waals surface area contributed by atoms with Crippen molar-refractivity contribution in [2.75, 3.05) is 0 Å². The molecule has 1 atom stereocenters. The number of allylic oxidation sites excluding steroid dienone is 2. The van der Waals surface area contributed by atoms with Crippen LogP contribution in [-0.4, -0.2) is 21.6 Å².